The molecule has 0 aliphatic carbocycles. The van der Waals surface area contributed by atoms with Crippen molar-refractivity contribution in [3.05, 3.63) is 35.4 Å². The van der Waals surface area contributed by atoms with Crippen molar-refractivity contribution in [2.45, 2.75) is 44.6 Å². The van der Waals surface area contributed by atoms with Gasteiger partial charge in [0.05, 0.1) is 18.7 Å². The van der Waals surface area contributed by atoms with Crippen LogP contribution in [0, 0.1) is 0 Å². The third kappa shape index (κ3) is 4.14. The van der Waals surface area contributed by atoms with Crippen LogP contribution < -0.4 is 5.32 Å². The van der Waals surface area contributed by atoms with Crippen molar-refractivity contribution in [1.29, 1.82) is 0 Å². The number of rotatable bonds is 5. The molecular formula is C17H23NO3. The molecule has 0 saturated carbocycles. The molecule has 0 unspecified atom stereocenters. The number of carbonyl (C=O) groups excluding carboxylic acids is 2. The second-order valence-electron chi connectivity index (χ2n) is 5.69. The van der Waals surface area contributed by atoms with Crippen molar-refractivity contribution in [1.82, 2.24) is 5.32 Å². The lowest BCUT2D eigenvalue weighted by Crippen LogP contribution is -2.40. The predicted octanol–water partition coefficient (Wildman–Crippen LogP) is 2.68. The standard InChI is InChI=1S/C17H23NO3/c1-12(11-16(19)15-5-3-4-10-18-15)13-6-8-14(9-7-13)17(20)21-2/h6-9,12,15,18H,3-5,10-11H2,1-2H3/t12-,15-/m1/s1. The van der Waals surface area contributed by atoms with Gasteiger partial charge in [-0.2, -0.15) is 0 Å². The first kappa shape index (κ1) is 15.7. The lowest BCUT2D eigenvalue weighted by atomic mass is 9.90. The quantitative estimate of drug-likeness (QED) is 0.847. The highest BCUT2D eigenvalue weighted by Crippen LogP contribution is 2.22. The number of piperidine rings is 1. The summed E-state index contributed by atoms with van der Waals surface area (Å²) in [6, 6.07) is 7.33. The van der Waals surface area contributed by atoms with Crippen LogP contribution in [0.4, 0.5) is 0 Å². The van der Waals surface area contributed by atoms with Crippen LogP contribution in [-0.2, 0) is 9.53 Å². The molecule has 2 atom stereocenters. The number of ether oxygens (including phenoxy) is 1. The maximum absolute atomic E-state index is 12.3. The lowest BCUT2D eigenvalue weighted by Gasteiger charge is -2.23. The molecule has 1 aliphatic rings. The second-order valence-corrected chi connectivity index (χ2v) is 5.69. The Morgan fingerprint density at radius 1 is 1.29 bits per heavy atom. The Balaban J connectivity index is 1.94. The summed E-state index contributed by atoms with van der Waals surface area (Å²) in [5.74, 6) is 0.115. The summed E-state index contributed by atoms with van der Waals surface area (Å²) in [5, 5.41) is 3.30. The first-order valence-electron chi connectivity index (χ1n) is 7.56. The minimum atomic E-state index is -0.336. The summed E-state index contributed by atoms with van der Waals surface area (Å²) >= 11 is 0. The lowest BCUT2D eigenvalue weighted by molar-refractivity contribution is -0.121. The van der Waals surface area contributed by atoms with E-state index in [9.17, 15) is 9.59 Å². The van der Waals surface area contributed by atoms with Gasteiger partial charge in [-0.25, -0.2) is 4.79 Å². The highest BCUT2D eigenvalue weighted by Gasteiger charge is 2.22. The van der Waals surface area contributed by atoms with Crippen LogP contribution in [0.15, 0.2) is 24.3 Å². The van der Waals surface area contributed by atoms with Crippen LogP contribution in [0.2, 0.25) is 0 Å². The van der Waals surface area contributed by atoms with Crippen LogP contribution in [-0.4, -0.2) is 31.4 Å². The molecule has 21 heavy (non-hydrogen) atoms. The van der Waals surface area contributed by atoms with Gasteiger partial charge >= 0.3 is 5.97 Å². The fourth-order valence-electron chi connectivity index (χ4n) is 2.75. The second kappa shape index (κ2) is 7.36. The van der Waals surface area contributed by atoms with E-state index in [4.69, 9.17) is 0 Å². The van der Waals surface area contributed by atoms with Crippen molar-refractivity contribution < 1.29 is 14.3 Å². The van der Waals surface area contributed by atoms with E-state index < -0.39 is 0 Å². The van der Waals surface area contributed by atoms with Gasteiger partial charge in [-0.15, -0.1) is 0 Å². The van der Waals surface area contributed by atoms with Gasteiger partial charge in [-0.1, -0.05) is 25.5 Å². The Morgan fingerprint density at radius 2 is 2.00 bits per heavy atom. The van der Waals surface area contributed by atoms with E-state index in [0.29, 0.717) is 17.8 Å². The predicted molar refractivity (Wildman–Crippen MR) is 81.5 cm³/mol. The maximum atomic E-state index is 12.3. The Morgan fingerprint density at radius 3 is 2.57 bits per heavy atom. The van der Waals surface area contributed by atoms with Gasteiger partial charge in [0.2, 0.25) is 0 Å². The Kier molecular flexibility index (Phi) is 5.51. The monoisotopic (exact) mass is 289 g/mol. The smallest absolute Gasteiger partial charge is 0.337 e. The highest BCUT2D eigenvalue weighted by molar-refractivity contribution is 5.89. The van der Waals surface area contributed by atoms with Gasteiger partial charge in [-0.05, 0) is 43.0 Å². The Bertz CT molecular complexity index is 489. The third-order valence-electron chi connectivity index (χ3n) is 4.11. The number of Topliss-reactive ketones (excluding diaryl/α,β-unsaturated/α-hetero) is 1. The van der Waals surface area contributed by atoms with Crippen molar-refractivity contribution >= 4 is 11.8 Å². The maximum Gasteiger partial charge on any atom is 0.337 e. The molecule has 4 nitrogen and oxygen atoms in total. The van der Waals surface area contributed by atoms with Gasteiger partial charge in [0.15, 0.2) is 0 Å². The molecule has 1 aromatic rings. The van der Waals surface area contributed by atoms with E-state index in [1.54, 1.807) is 12.1 Å². The summed E-state index contributed by atoms with van der Waals surface area (Å²) in [7, 11) is 1.37. The summed E-state index contributed by atoms with van der Waals surface area (Å²) in [5.41, 5.74) is 1.61. The molecule has 0 amide bonds. The molecule has 1 fully saturated rings. The summed E-state index contributed by atoms with van der Waals surface area (Å²) in [4.78, 5) is 23.7. The number of ketones is 1. The number of hydrogen-bond acceptors (Lipinski definition) is 4. The van der Waals surface area contributed by atoms with E-state index >= 15 is 0 Å². The highest BCUT2D eigenvalue weighted by atomic mass is 16.5. The normalized spacial score (nSPS) is 19.8. The van der Waals surface area contributed by atoms with Gasteiger partial charge < -0.3 is 10.1 Å². The first-order valence-corrected chi connectivity index (χ1v) is 7.56. The first-order chi connectivity index (χ1) is 10.1. The summed E-state index contributed by atoms with van der Waals surface area (Å²) < 4.78 is 4.68. The van der Waals surface area contributed by atoms with Crippen molar-refractivity contribution in [3.63, 3.8) is 0 Å². The van der Waals surface area contributed by atoms with Gasteiger partial charge in [-0.3, -0.25) is 4.79 Å². The van der Waals surface area contributed by atoms with Gasteiger partial charge in [0.1, 0.15) is 5.78 Å². The molecule has 4 heteroatoms. The molecule has 1 aliphatic heterocycles. The largest absolute Gasteiger partial charge is 0.465 e. The zero-order valence-corrected chi connectivity index (χ0v) is 12.7. The minimum absolute atomic E-state index is 0.0237. The minimum Gasteiger partial charge on any atom is -0.465 e. The molecule has 0 radical (unpaired) electrons. The number of esters is 1. The number of methoxy groups -OCH3 is 1. The van der Waals surface area contributed by atoms with Crippen molar-refractivity contribution in [3.8, 4) is 0 Å². The number of hydrogen-bond donors (Lipinski definition) is 1. The van der Waals surface area contributed by atoms with Crippen LogP contribution in [0.3, 0.4) is 0 Å². The molecule has 1 aromatic carbocycles. The summed E-state index contributed by atoms with van der Waals surface area (Å²) in [6.45, 7) is 2.99. The molecule has 114 valence electrons. The third-order valence-corrected chi connectivity index (χ3v) is 4.11. The van der Waals surface area contributed by atoms with E-state index in [1.807, 2.05) is 19.1 Å². The van der Waals surface area contributed by atoms with Crippen molar-refractivity contribution in [2.24, 2.45) is 0 Å². The van der Waals surface area contributed by atoms with E-state index in [1.165, 1.54) is 7.11 Å². The Hall–Kier alpha value is -1.68. The molecule has 2 rings (SSSR count). The SMILES string of the molecule is COC(=O)c1ccc([C@H](C)CC(=O)[C@H]2CCCCN2)cc1. The molecule has 0 bridgehead atoms. The number of nitrogens with one attached hydrogen (secondary N) is 1. The molecule has 1 saturated heterocycles. The zero-order valence-electron chi connectivity index (χ0n) is 12.7. The van der Waals surface area contributed by atoms with E-state index in [2.05, 4.69) is 10.1 Å². The fraction of sp³-hybridized carbons (Fsp3) is 0.529. The average Bonchev–Trinajstić information content (AvgIpc) is 2.55. The van der Waals surface area contributed by atoms with Crippen LogP contribution >= 0.6 is 0 Å². The fourth-order valence-corrected chi connectivity index (χ4v) is 2.75. The Labute approximate surface area is 125 Å². The molecular weight excluding hydrogens is 266 g/mol. The topological polar surface area (TPSA) is 55.4 Å². The average molecular weight is 289 g/mol. The van der Waals surface area contributed by atoms with Crippen LogP contribution in [0.5, 0.6) is 0 Å². The summed E-state index contributed by atoms with van der Waals surface area (Å²) in [6.07, 6.45) is 3.78. The number of carbonyl (C=O) groups is 2. The van der Waals surface area contributed by atoms with Crippen LogP contribution in [0.1, 0.15) is 54.4 Å². The van der Waals surface area contributed by atoms with Crippen molar-refractivity contribution in [2.75, 3.05) is 13.7 Å². The zero-order chi connectivity index (χ0) is 15.2. The number of benzene rings is 1. The van der Waals surface area contributed by atoms with Gasteiger partial charge in [0.25, 0.3) is 0 Å². The van der Waals surface area contributed by atoms with E-state index in [0.717, 1.165) is 31.4 Å². The molecule has 0 spiro atoms. The van der Waals surface area contributed by atoms with E-state index in [-0.39, 0.29) is 17.9 Å². The molecule has 1 heterocycles. The molecule has 0 aromatic heterocycles. The van der Waals surface area contributed by atoms with Crippen LogP contribution in [0.25, 0.3) is 0 Å². The van der Waals surface area contributed by atoms with Gasteiger partial charge in [0, 0.05) is 6.42 Å². The molecule has 1 N–H and O–H groups in total.